The van der Waals surface area contributed by atoms with E-state index in [4.69, 9.17) is 21.1 Å². The third-order valence-corrected chi connectivity index (χ3v) is 7.59. The molecule has 0 N–H and O–H groups in total. The van der Waals surface area contributed by atoms with Gasteiger partial charge in [0.25, 0.3) is 0 Å². The Morgan fingerprint density at radius 3 is 2.80 bits per heavy atom. The number of ether oxygens (including phenoxy) is 2. The zero-order chi connectivity index (χ0) is 21.3. The SMILES string of the molecule is COc1ccc(Cl)cc1S(=O)(=O)N1CCC[C@H](C(=O)N2CCOc3ccccc32)C1. The summed E-state index contributed by atoms with van der Waals surface area (Å²) >= 11 is 6.04. The van der Waals surface area contributed by atoms with Crippen LogP contribution in [0.2, 0.25) is 5.02 Å². The summed E-state index contributed by atoms with van der Waals surface area (Å²) in [6, 6.07) is 11.9. The minimum Gasteiger partial charge on any atom is -0.495 e. The van der Waals surface area contributed by atoms with Crippen molar-refractivity contribution in [1.82, 2.24) is 4.31 Å². The molecule has 160 valence electrons. The van der Waals surface area contributed by atoms with Crippen molar-refractivity contribution in [1.29, 1.82) is 0 Å². The number of benzene rings is 2. The van der Waals surface area contributed by atoms with Gasteiger partial charge in [-0.2, -0.15) is 4.31 Å². The molecule has 30 heavy (non-hydrogen) atoms. The number of amides is 1. The molecule has 1 saturated heterocycles. The smallest absolute Gasteiger partial charge is 0.246 e. The molecule has 0 aromatic heterocycles. The van der Waals surface area contributed by atoms with Crippen LogP contribution >= 0.6 is 11.6 Å². The van der Waals surface area contributed by atoms with Crippen molar-refractivity contribution in [3.8, 4) is 11.5 Å². The van der Waals surface area contributed by atoms with Crippen LogP contribution in [-0.4, -0.2) is 52.0 Å². The Hall–Kier alpha value is -2.29. The molecular weight excluding hydrogens is 428 g/mol. The number of anilines is 1. The number of para-hydroxylation sites is 2. The van der Waals surface area contributed by atoms with Gasteiger partial charge in [-0.3, -0.25) is 4.79 Å². The van der Waals surface area contributed by atoms with Crippen molar-refractivity contribution in [2.24, 2.45) is 5.92 Å². The van der Waals surface area contributed by atoms with E-state index >= 15 is 0 Å². The van der Waals surface area contributed by atoms with Crippen LogP contribution in [0.25, 0.3) is 0 Å². The summed E-state index contributed by atoms with van der Waals surface area (Å²) in [6.07, 6.45) is 1.24. The van der Waals surface area contributed by atoms with E-state index in [9.17, 15) is 13.2 Å². The zero-order valence-electron chi connectivity index (χ0n) is 16.6. The van der Waals surface area contributed by atoms with Crippen molar-refractivity contribution < 1.29 is 22.7 Å². The molecule has 2 aromatic carbocycles. The highest BCUT2D eigenvalue weighted by Gasteiger charge is 2.37. The minimum absolute atomic E-state index is 0.0160. The van der Waals surface area contributed by atoms with Crippen molar-refractivity contribution in [2.45, 2.75) is 17.7 Å². The maximum absolute atomic E-state index is 13.3. The first kappa shape index (κ1) is 21.0. The largest absolute Gasteiger partial charge is 0.495 e. The number of hydrogen-bond acceptors (Lipinski definition) is 5. The van der Waals surface area contributed by atoms with Crippen LogP contribution in [-0.2, 0) is 14.8 Å². The summed E-state index contributed by atoms with van der Waals surface area (Å²) in [5.74, 6) is 0.393. The molecule has 0 spiro atoms. The molecule has 2 aliphatic rings. The molecule has 2 heterocycles. The summed E-state index contributed by atoms with van der Waals surface area (Å²) in [4.78, 5) is 15.0. The molecule has 4 rings (SSSR count). The summed E-state index contributed by atoms with van der Waals surface area (Å²) in [6.45, 7) is 1.33. The number of halogens is 1. The van der Waals surface area contributed by atoms with E-state index in [0.29, 0.717) is 43.3 Å². The third-order valence-electron chi connectivity index (χ3n) is 5.47. The molecule has 0 aliphatic carbocycles. The number of rotatable bonds is 4. The maximum atomic E-state index is 13.3. The molecule has 1 amide bonds. The van der Waals surface area contributed by atoms with Gasteiger partial charge in [0.1, 0.15) is 23.0 Å². The second-order valence-corrected chi connectivity index (χ2v) is 9.65. The Kier molecular flexibility index (Phi) is 5.90. The Morgan fingerprint density at radius 2 is 2.00 bits per heavy atom. The van der Waals surface area contributed by atoms with Crippen molar-refractivity contribution in [3.05, 3.63) is 47.5 Å². The van der Waals surface area contributed by atoms with Crippen molar-refractivity contribution >= 4 is 33.2 Å². The molecule has 2 aromatic rings. The van der Waals surface area contributed by atoms with E-state index in [-0.39, 0.29) is 23.1 Å². The highest BCUT2D eigenvalue weighted by Crippen LogP contribution is 2.35. The molecule has 0 radical (unpaired) electrons. The number of carbonyl (C=O) groups is 1. The minimum atomic E-state index is -3.86. The molecule has 0 bridgehead atoms. The van der Waals surface area contributed by atoms with Crippen LogP contribution in [0.15, 0.2) is 47.4 Å². The second kappa shape index (κ2) is 8.45. The Morgan fingerprint density at radius 1 is 1.20 bits per heavy atom. The monoisotopic (exact) mass is 450 g/mol. The van der Waals surface area contributed by atoms with Crippen LogP contribution < -0.4 is 14.4 Å². The number of sulfonamides is 1. The highest BCUT2D eigenvalue weighted by atomic mass is 35.5. The average molecular weight is 451 g/mol. The first-order valence-corrected chi connectivity index (χ1v) is 11.6. The number of methoxy groups -OCH3 is 1. The van der Waals surface area contributed by atoms with E-state index in [0.717, 1.165) is 5.69 Å². The van der Waals surface area contributed by atoms with Gasteiger partial charge in [-0.1, -0.05) is 23.7 Å². The number of piperidine rings is 1. The topological polar surface area (TPSA) is 76.2 Å². The van der Waals surface area contributed by atoms with E-state index in [1.165, 1.54) is 23.5 Å². The predicted octanol–water partition coefficient (Wildman–Crippen LogP) is 3.17. The zero-order valence-corrected chi connectivity index (χ0v) is 18.2. The van der Waals surface area contributed by atoms with Gasteiger partial charge >= 0.3 is 0 Å². The van der Waals surface area contributed by atoms with Gasteiger partial charge in [0.05, 0.1) is 25.3 Å². The standard InChI is InChI=1S/C21H23ClN2O5S/c1-28-19-9-8-16(22)13-20(19)30(26,27)23-10-4-5-15(14-23)21(25)24-11-12-29-18-7-3-2-6-17(18)24/h2-3,6-9,13,15H,4-5,10-12,14H2,1H3/t15-/m0/s1. The first-order valence-electron chi connectivity index (χ1n) is 9.78. The molecule has 9 heteroatoms. The first-order chi connectivity index (χ1) is 14.4. The highest BCUT2D eigenvalue weighted by molar-refractivity contribution is 7.89. The summed E-state index contributed by atoms with van der Waals surface area (Å²) in [5.41, 5.74) is 0.727. The normalized spacial score (nSPS) is 19.7. The van der Waals surface area contributed by atoms with Gasteiger partial charge < -0.3 is 14.4 Å². The fourth-order valence-electron chi connectivity index (χ4n) is 3.97. The van der Waals surface area contributed by atoms with Crippen LogP contribution in [0.1, 0.15) is 12.8 Å². The van der Waals surface area contributed by atoms with E-state index in [2.05, 4.69) is 0 Å². The quantitative estimate of drug-likeness (QED) is 0.715. The molecule has 0 unspecified atom stereocenters. The third kappa shape index (κ3) is 3.87. The lowest BCUT2D eigenvalue weighted by Crippen LogP contribution is -2.48. The fraction of sp³-hybridized carbons (Fsp3) is 0.381. The van der Waals surface area contributed by atoms with Crippen LogP contribution in [0.3, 0.4) is 0 Å². The lowest BCUT2D eigenvalue weighted by molar-refractivity contribution is -0.123. The van der Waals surface area contributed by atoms with Gasteiger partial charge in [0.2, 0.25) is 15.9 Å². The number of carbonyl (C=O) groups excluding carboxylic acids is 1. The average Bonchev–Trinajstić information content (AvgIpc) is 2.78. The van der Waals surface area contributed by atoms with Crippen LogP contribution in [0.5, 0.6) is 11.5 Å². The van der Waals surface area contributed by atoms with Gasteiger partial charge in [-0.15, -0.1) is 0 Å². The molecular formula is C21H23ClN2O5S. The van der Waals surface area contributed by atoms with Crippen LogP contribution in [0, 0.1) is 5.92 Å². The lowest BCUT2D eigenvalue weighted by Gasteiger charge is -2.36. The van der Waals surface area contributed by atoms with E-state index in [1.54, 1.807) is 11.0 Å². The predicted molar refractivity (Wildman–Crippen MR) is 114 cm³/mol. The van der Waals surface area contributed by atoms with Gasteiger partial charge in [0, 0.05) is 18.1 Å². The second-order valence-electron chi connectivity index (χ2n) is 7.30. The summed E-state index contributed by atoms with van der Waals surface area (Å²) in [7, 11) is -2.44. The molecule has 1 atom stereocenters. The van der Waals surface area contributed by atoms with Gasteiger partial charge in [-0.25, -0.2) is 8.42 Å². The van der Waals surface area contributed by atoms with Crippen molar-refractivity contribution in [2.75, 3.05) is 38.3 Å². The van der Waals surface area contributed by atoms with E-state index < -0.39 is 15.9 Å². The Bertz CT molecular complexity index is 1060. The van der Waals surface area contributed by atoms with Crippen LogP contribution in [0.4, 0.5) is 5.69 Å². The lowest BCUT2D eigenvalue weighted by atomic mass is 9.97. The Balaban J connectivity index is 1.58. The summed E-state index contributed by atoms with van der Waals surface area (Å²) in [5, 5.41) is 0.309. The molecule has 7 nitrogen and oxygen atoms in total. The summed E-state index contributed by atoms with van der Waals surface area (Å²) < 4.78 is 38.8. The maximum Gasteiger partial charge on any atom is 0.246 e. The number of hydrogen-bond donors (Lipinski definition) is 0. The molecule has 0 saturated carbocycles. The van der Waals surface area contributed by atoms with Crippen molar-refractivity contribution in [3.63, 3.8) is 0 Å². The van der Waals surface area contributed by atoms with Gasteiger partial charge in [0.15, 0.2) is 0 Å². The number of fused-ring (bicyclic) bond motifs is 1. The van der Waals surface area contributed by atoms with Gasteiger partial charge in [-0.05, 0) is 43.2 Å². The molecule has 1 fully saturated rings. The fourth-order valence-corrected chi connectivity index (χ4v) is 5.91. The Labute approximate surface area is 181 Å². The number of nitrogens with zero attached hydrogens (tertiary/aromatic N) is 2. The molecule has 2 aliphatic heterocycles. The van der Waals surface area contributed by atoms with E-state index in [1.807, 2.05) is 24.3 Å².